The monoisotopic (exact) mass is 939 g/mol. The summed E-state index contributed by atoms with van der Waals surface area (Å²) in [5, 5.41) is 18.3. The summed E-state index contributed by atoms with van der Waals surface area (Å²) in [5.41, 5.74) is 5.04. The summed E-state index contributed by atoms with van der Waals surface area (Å²) in [7, 11) is 1.62. The lowest BCUT2D eigenvalue weighted by atomic mass is 9.80. The highest BCUT2D eigenvalue weighted by Gasteiger charge is 2.45. The van der Waals surface area contributed by atoms with Crippen LogP contribution in [0.1, 0.15) is 81.9 Å². The van der Waals surface area contributed by atoms with Gasteiger partial charge < -0.3 is 32.7 Å². The van der Waals surface area contributed by atoms with Crippen molar-refractivity contribution in [1.82, 2.24) is 24.2 Å². The highest BCUT2D eigenvalue weighted by molar-refractivity contribution is 7.44. The second-order valence-corrected chi connectivity index (χ2v) is 18.2. The van der Waals surface area contributed by atoms with Gasteiger partial charge in [-0.3, -0.25) is 9.36 Å². The number of esters is 1. The predicted molar refractivity (Wildman–Crippen MR) is 257 cm³/mol. The number of imidazole rings is 1. The van der Waals surface area contributed by atoms with Crippen molar-refractivity contribution in [3.63, 3.8) is 0 Å². The Labute approximate surface area is 399 Å². The summed E-state index contributed by atoms with van der Waals surface area (Å²) in [4.78, 5) is 26.6. The van der Waals surface area contributed by atoms with Crippen molar-refractivity contribution in [3.05, 3.63) is 138 Å². The van der Waals surface area contributed by atoms with Gasteiger partial charge in [0.1, 0.15) is 53.6 Å². The van der Waals surface area contributed by atoms with Crippen molar-refractivity contribution in [2.24, 2.45) is 0 Å². The number of nitrogens with zero attached hydrogens (tertiary/aromatic N) is 7. The Morgan fingerprint density at radius 2 is 1.49 bits per heavy atom. The van der Waals surface area contributed by atoms with Gasteiger partial charge in [-0.15, -0.1) is 0 Å². The number of fused-ring (bicyclic) bond motifs is 1. The third-order valence-electron chi connectivity index (χ3n) is 11.7. The first-order chi connectivity index (χ1) is 33.1. The minimum absolute atomic E-state index is 0.0707. The van der Waals surface area contributed by atoms with Gasteiger partial charge in [-0.25, -0.2) is 19.6 Å². The maximum Gasteiger partial charge on any atom is 0.306 e. The zero-order chi connectivity index (χ0) is 48.0. The summed E-state index contributed by atoms with van der Waals surface area (Å²) in [6.45, 7) is 8.81. The number of methoxy groups -OCH3 is 2. The van der Waals surface area contributed by atoms with E-state index in [1.165, 1.54) is 6.33 Å². The Kier molecular flexibility index (Phi) is 17.2. The van der Waals surface area contributed by atoms with Crippen LogP contribution >= 0.6 is 8.53 Å². The molecule has 7 rings (SSSR count). The Hall–Kier alpha value is -6.29. The van der Waals surface area contributed by atoms with Gasteiger partial charge >= 0.3 is 5.97 Å². The van der Waals surface area contributed by atoms with Gasteiger partial charge in [0.2, 0.25) is 0 Å². The Bertz CT molecular complexity index is 2600. The molecule has 2 aromatic heterocycles. The number of hydrogen-bond acceptors (Lipinski definition) is 14. The lowest BCUT2D eigenvalue weighted by Crippen LogP contribution is -2.39. The molecule has 1 aliphatic rings. The van der Waals surface area contributed by atoms with Crippen LogP contribution in [0, 0.1) is 22.7 Å². The minimum atomic E-state index is -1.67. The first-order valence-corrected chi connectivity index (χ1v) is 23.9. The Morgan fingerprint density at radius 1 is 0.838 bits per heavy atom. The van der Waals surface area contributed by atoms with E-state index in [1.807, 2.05) is 102 Å². The first-order valence-electron chi connectivity index (χ1n) is 22.8. The first kappa shape index (κ1) is 49.6. The quantitative estimate of drug-likeness (QED) is 0.0257. The molecule has 354 valence electrons. The molecular weight excluding hydrogens is 882 g/mol. The lowest BCUT2D eigenvalue weighted by molar-refractivity contribution is -0.143. The summed E-state index contributed by atoms with van der Waals surface area (Å²) in [6.07, 6.45) is 2.88. The van der Waals surface area contributed by atoms with Crippen molar-refractivity contribution in [3.8, 4) is 34.9 Å². The van der Waals surface area contributed by atoms with E-state index < -0.39 is 32.6 Å². The number of hydrogen-bond donors (Lipinski definition) is 0. The highest BCUT2D eigenvalue weighted by atomic mass is 31.2. The van der Waals surface area contributed by atoms with E-state index in [-0.39, 0.29) is 57.1 Å². The Balaban J connectivity index is 1.26. The summed E-state index contributed by atoms with van der Waals surface area (Å²) in [6, 6.07) is 38.0. The fraction of sp³-hybridized carbons (Fsp3) is 0.385. The maximum absolute atomic E-state index is 12.3. The van der Waals surface area contributed by atoms with E-state index in [0.717, 1.165) is 27.8 Å². The number of ether oxygens (including phenoxy) is 5. The zero-order valence-electron chi connectivity index (χ0n) is 39.4. The standard InChI is InChI=1S/C52H58N7O8P/c1-36(2)59(37(3)4)68(65-30-12-28-54)67-45-32-47(58-35-57-50-49(55-34-56-51(50)58)39-14-10-13-38(31-39)17-26-48(60)63-29-11-27-53)66-46(45)33-64-52(40-15-8-7-9-16-40,41-18-22-43(61-5)23-19-41)42-20-24-44(62-6)25-21-42/h7-10,13-16,18-25,31,34-37,45-47H,11-12,17,26,29-30,32-33H2,1-6H3/t45-,46+,47+,68?/m0/s1. The van der Waals surface area contributed by atoms with Crippen molar-refractivity contribution in [1.29, 1.82) is 10.5 Å². The van der Waals surface area contributed by atoms with E-state index in [0.29, 0.717) is 41.2 Å². The summed E-state index contributed by atoms with van der Waals surface area (Å²) in [5.74, 6) is 1.07. The fourth-order valence-corrected chi connectivity index (χ4v) is 10.3. The van der Waals surface area contributed by atoms with E-state index in [1.54, 1.807) is 20.5 Å². The molecule has 1 saturated heterocycles. The van der Waals surface area contributed by atoms with Gasteiger partial charge in [0, 0.05) is 30.5 Å². The second-order valence-electron chi connectivity index (χ2n) is 16.7. The molecule has 0 bridgehead atoms. The van der Waals surface area contributed by atoms with Crippen LogP contribution in [0.4, 0.5) is 0 Å². The number of benzene rings is 4. The van der Waals surface area contributed by atoms with Gasteiger partial charge in [-0.1, -0.05) is 72.8 Å². The molecule has 4 aromatic carbocycles. The Morgan fingerprint density at radius 3 is 2.12 bits per heavy atom. The van der Waals surface area contributed by atoms with Crippen LogP contribution in [0.25, 0.3) is 22.4 Å². The normalized spacial score (nSPS) is 16.5. The molecule has 1 aliphatic heterocycles. The number of rotatable bonds is 23. The van der Waals surface area contributed by atoms with Crippen LogP contribution < -0.4 is 9.47 Å². The third kappa shape index (κ3) is 11.5. The molecule has 0 saturated carbocycles. The summed E-state index contributed by atoms with van der Waals surface area (Å²) < 4.78 is 48.5. The smallest absolute Gasteiger partial charge is 0.306 e. The molecule has 4 atom stereocenters. The van der Waals surface area contributed by atoms with Crippen molar-refractivity contribution < 1.29 is 37.5 Å². The van der Waals surface area contributed by atoms with Crippen LogP contribution in [0.3, 0.4) is 0 Å². The largest absolute Gasteiger partial charge is 0.497 e. The predicted octanol–water partition coefficient (Wildman–Crippen LogP) is 9.86. The molecule has 16 heteroatoms. The van der Waals surface area contributed by atoms with E-state index in [4.69, 9.17) is 48.0 Å². The van der Waals surface area contributed by atoms with Gasteiger partial charge in [-0.2, -0.15) is 10.5 Å². The van der Waals surface area contributed by atoms with Gasteiger partial charge in [-0.05, 0) is 86.7 Å². The second kappa shape index (κ2) is 23.6. The maximum atomic E-state index is 12.3. The van der Waals surface area contributed by atoms with Crippen LogP contribution in [-0.2, 0) is 40.1 Å². The van der Waals surface area contributed by atoms with Crippen molar-refractivity contribution in [2.75, 3.05) is 34.0 Å². The zero-order valence-corrected chi connectivity index (χ0v) is 40.3. The van der Waals surface area contributed by atoms with Crippen LogP contribution in [-0.4, -0.2) is 88.5 Å². The SMILES string of the molecule is COc1ccc(C(OC[C@H]2O[C@@H](n3cnc4c(-c5cccc(CCC(=O)OCCC#N)c5)ncnc43)C[C@@H]2OP(OCCC#N)N(C(C)C)C(C)C)(c2ccccc2)c2ccc(OC)cc2)cc1. The fourth-order valence-electron chi connectivity index (χ4n) is 8.50. The molecule has 0 N–H and O–H groups in total. The molecule has 1 unspecified atom stereocenters. The molecule has 0 radical (unpaired) electrons. The summed E-state index contributed by atoms with van der Waals surface area (Å²) >= 11 is 0. The van der Waals surface area contributed by atoms with Crippen LogP contribution in [0.5, 0.6) is 11.5 Å². The van der Waals surface area contributed by atoms with Gasteiger partial charge in [0.25, 0.3) is 8.53 Å². The number of carbonyl (C=O) groups is 1. The molecule has 3 heterocycles. The highest BCUT2D eigenvalue weighted by Crippen LogP contribution is 2.51. The number of aryl methyl sites for hydroxylation is 1. The number of carbonyl (C=O) groups excluding carboxylic acids is 1. The van der Waals surface area contributed by atoms with Crippen LogP contribution in [0.15, 0.2) is 116 Å². The van der Waals surface area contributed by atoms with Gasteiger partial charge in [0.15, 0.2) is 5.65 Å². The molecular formula is C52H58N7O8P. The minimum Gasteiger partial charge on any atom is -0.497 e. The van der Waals surface area contributed by atoms with E-state index >= 15 is 0 Å². The number of nitriles is 2. The topological polar surface area (TPSA) is 176 Å². The molecule has 6 aromatic rings. The van der Waals surface area contributed by atoms with Crippen LogP contribution in [0.2, 0.25) is 0 Å². The molecule has 0 amide bonds. The van der Waals surface area contributed by atoms with Crippen molar-refractivity contribution >= 4 is 25.7 Å². The van der Waals surface area contributed by atoms with Gasteiger partial charge in [0.05, 0.1) is 64.8 Å². The third-order valence-corrected chi connectivity index (χ3v) is 13.8. The average molecular weight is 940 g/mol. The number of aromatic nitrogens is 4. The lowest BCUT2D eigenvalue weighted by Gasteiger charge is -2.39. The average Bonchev–Trinajstić information content (AvgIpc) is 3.98. The van der Waals surface area contributed by atoms with Crippen molar-refractivity contribution in [2.45, 2.75) is 95.9 Å². The molecule has 0 spiro atoms. The molecule has 0 aliphatic carbocycles. The molecule has 1 fully saturated rings. The van der Waals surface area contributed by atoms with E-state index in [2.05, 4.69) is 55.6 Å². The molecule has 68 heavy (non-hydrogen) atoms. The van der Waals surface area contributed by atoms with E-state index in [9.17, 15) is 10.1 Å². The molecule has 15 nitrogen and oxygen atoms in total.